The number of amides is 5. The second-order valence-corrected chi connectivity index (χ2v) is 14.6. The molecule has 5 rings (SSSR count). The highest BCUT2D eigenvalue weighted by Gasteiger charge is 2.49. The number of fused-ring (bicyclic) bond motifs is 1. The molecule has 1 radical (unpaired) electrons. The number of carbonyl (C=O) groups excluding carboxylic acids is 5. The lowest BCUT2D eigenvalue weighted by Gasteiger charge is -2.33. The van der Waals surface area contributed by atoms with Gasteiger partial charge < -0.3 is 21.1 Å². The number of nitrogens with zero attached hydrogens (tertiary/aromatic N) is 3. The summed E-state index contributed by atoms with van der Waals surface area (Å²) in [7, 11) is 0. The van der Waals surface area contributed by atoms with Gasteiger partial charge in [-0.15, -0.1) is 23.5 Å². The molecule has 1 aliphatic rings. The van der Waals surface area contributed by atoms with Crippen LogP contribution in [0.1, 0.15) is 51.1 Å². The summed E-state index contributed by atoms with van der Waals surface area (Å²) >= 11 is 1.75. The number of rotatable bonds is 16. The first-order valence-corrected chi connectivity index (χ1v) is 19.9. The van der Waals surface area contributed by atoms with Crippen LogP contribution in [0.2, 0.25) is 0 Å². The standard InChI is InChI=1S/C40H45N6O6S2/c1-4-6-20-40(5-2)37(49)46(28-17-11-8-12-18-28)29-24-32(53-3)30(25-31(29)54-38(40)50)52-26-34(47)44-35(27-15-9-7-10-16-27)36(48)43-22-23-45(39(41)51)33-19-13-14-21-42-33/h7-19,21,24-25,35,54H,4-6,20,22-23,26H2,1-3H3,(H2,41,51)(H,43,48)(H,44,47)/t35-,40?/m1/s1. The molecule has 0 aliphatic carbocycles. The Labute approximate surface area is 323 Å². The molecule has 283 valence electrons. The number of unbranched alkanes of at least 4 members (excludes halogenated alkanes) is 1. The quantitative estimate of drug-likeness (QED) is 0.0582. The van der Waals surface area contributed by atoms with Crippen LogP contribution in [0.25, 0.3) is 0 Å². The normalized spacial score (nSPS) is 15.8. The highest BCUT2D eigenvalue weighted by Crippen LogP contribution is 2.51. The molecule has 1 aliphatic heterocycles. The lowest BCUT2D eigenvalue weighted by molar-refractivity contribution is -0.136. The molecule has 1 unspecified atom stereocenters. The Balaban J connectivity index is 1.36. The number of para-hydroxylation sites is 1. The van der Waals surface area contributed by atoms with Crippen LogP contribution in [-0.4, -0.2) is 59.8 Å². The van der Waals surface area contributed by atoms with Crippen molar-refractivity contribution < 1.29 is 28.7 Å². The fourth-order valence-corrected chi connectivity index (χ4v) is 8.06. The summed E-state index contributed by atoms with van der Waals surface area (Å²) in [6, 6.07) is 24.9. The monoisotopic (exact) mass is 769 g/mol. The maximum Gasteiger partial charge on any atom is 0.320 e. The van der Waals surface area contributed by atoms with E-state index < -0.39 is 35.9 Å². The number of hydrogen-bond acceptors (Lipinski definition) is 8. The van der Waals surface area contributed by atoms with E-state index in [1.807, 2.05) is 56.5 Å². The highest BCUT2D eigenvalue weighted by molar-refractivity contribution is 8.14. The van der Waals surface area contributed by atoms with Crippen molar-refractivity contribution in [1.82, 2.24) is 15.6 Å². The number of thiol groups is 1. The molecule has 5 amide bonds. The van der Waals surface area contributed by atoms with Crippen molar-refractivity contribution in [2.45, 2.75) is 55.4 Å². The third-order valence-corrected chi connectivity index (χ3v) is 11.2. The largest absolute Gasteiger partial charge is 0.483 e. The van der Waals surface area contributed by atoms with Gasteiger partial charge in [0.25, 0.3) is 5.91 Å². The van der Waals surface area contributed by atoms with Gasteiger partial charge in [-0.2, -0.15) is 0 Å². The molecule has 2 heterocycles. The highest BCUT2D eigenvalue weighted by atomic mass is 32.2. The fraction of sp³-hybridized carbons (Fsp3) is 0.300. The van der Waals surface area contributed by atoms with Crippen molar-refractivity contribution in [3.63, 3.8) is 0 Å². The minimum Gasteiger partial charge on any atom is -0.483 e. The van der Waals surface area contributed by atoms with Crippen LogP contribution in [0.15, 0.2) is 107 Å². The zero-order chi connectivity index (χ0) is 38.7. The van der Waals surface area contributed by atoms with E-state index in [1.165, 1.54) is 22.9 Å². The molecule has 0 spiro atoms. The molecule has 14 heteroatoms. The van der Waals surface area contributed by atoms with Crippen molar-refractivity contribution in [3.05, 3.63) is 103 Å². The number of hydrogen-bond donors (Lipinski definition) is 4. The summed E-state index contributed by atoms with van der Waals surface area (Å²) in [6.07, 6.45) is 5.80. The maximum absolute atomic E-state index is 14.5. The van der Waals surface area contributed by atoms with E-state index in [-0.39, 0.29) is 24.1 Å². The first kappa shape index (κ1) is 39.9. The average Bonchev–Trinajstić information content (AvgIpc) is 3.27. The number of pyridine rings is 1. The van der Waals surface area contributed by atoms with Gasteiger partial charge in [0, 0.05) is 29.9 Å². The van der Waals surface area contributed by atoms with Crippen molar-refractivity contribution in [2.24, 2.45) is 11.1 Å². The first-order chi connectivity index (χ1) is 26.1. The van der Waals surface area contributed by atoms with E-state index in [4.69, 9.17) is 10.5 Å². The minimum absolute atomic E-state index is 0.0401. The van der Waals surface area contributed by atoms with E-state index in [1.54, 1.807) is 59.5 Å². The van der Waals surface area contributed by atoms with Gasteiger partial charge in [-0.05, 0) is 61.1 Å². The number of primary amides is 1. The van der Waals surface area contributed by atoms with E-state index in [9.17, 15) is 24.0 Å². The summed E-state index contributed by atoms with van der Waals surface area (Å²) in [5.41, 5.74) is 6.17. The Morgan fingerprint density at radius 1 is 1.00 bits per heavy atom. The predicted octanol–water partition coefficient (Wildman–Crippen LogP) is 6.36. The predicted molar refractivity (Wildman–Crippen MR) is 213 cm³/mol. The Hall–Kier alpha value is -5.34. The number of anilines is 3. The van der Waals surface area contributed by atoms with E-state index >= 15 is 0 Å². The van der Waals surface area contributed by atoms with E-state index in [0.717, 1.165) is 12.8 Å². The van der Waals surface area contributed by atoms with Gasteiger partial charge in [0.2, 0.25) is 11.8 Å². The van der Waals surface area contributed by atoms with E-state index in [2.05, 4.69) is 15.6 Å². The maximum atomic E-state index is 14.5. The number of nitrogens with one attached hydrogen (secondary N) is 2. The molecule has 4 aromatic rings. The molecule has 2 atom stereocenters. The van der Waals surface area contributed by atoms with E-state index in [0.29, 0.717) is 62.9 Å². The van der Waals surface area contributed by atoms with Gasteiger partial charge in [0.15, 0.2) is 11.7 Å². The van der Waals surface area contributed by atoms with Gasteiger partial charge >= 0.3 is 6.03 Å². The lowest BCUT2D eigenvalue weighted by atomic mass is 9.79. The van der Waals surface area contributed by atoms with Crippen LogP contribution < -0.4 is 30.9 Å². The zero-order valence-electron chi connectivity index (χ0n) is 30.5. The molecule has 54 heavy (non-hydrogen) atoms. The molecule has 1 aromatic heterocycles. The van der Waals surface area contributed by atoms with Gasteiger partial charge in [-0.1, -0.05) is 81.3 Å². The summed E-state index contributed by atoms with van der Waals surface area (Å²) in [5.74, 6) is -0.592. The number of benzene rings is 3. The molecule has 3 aromatic carbocycles. The number of thioether (sulfide) groups is 1. The smallest absolute Gasteiger partial charge is 0.320 e. The summed E-state index contributed by atoms with van der Waals surface area (Å²) in [6.45, 7) is 3.60. The van der Waals surface area contributed by atoms with Crippen LogP contribution in [0, 0.1) is 5.41 Å². The SMILES string of the molecule is CCCCC1(CC)C(=O)[SH]c2cc(OCC(=O)N[C@@H](C(=O)NCCN(C(N)=O)c3ccccn3)c3ccccc3)c(SC)cc2N(c2ccccc2)C1=O. The third kappa shape index (κ3) is 9.05. The first-order valence-electron chi connectivity index (χ1n) is 17.7. The third-order valence-electron chi connectivity index (χ3n) is 9.21. The van der Waals surface area contributed by atoms with Crippen LogP contribution in [0.5, 0.6) is 5.75 Å². The second kappa shape index (κ2) is 18.6. The van der Waals surface area contributed by atoms with Gasteiger partial charge in [0.05, 0.1) is 10.6 Å². The Kier molecular flexibility index (Phi) is 13.7. The molecule has 0 fully saturated rings. The Morgan fingerprint density at radius 3 is 2.33 bits per heavy atom. The second-order valence-electron chi connectivity index (χ2n) is 12.6. The van der Waals surface area contributed by atoms with Crippen molar-refractivity contribution >= 4 is 69.6 Å². The summed E-state index contributed by atoms with van der Waals surface area (Å²) in [5, 5.41) is 5.39. The van der Waals surface area contributed by atoms with Gasteiger partial charge in [0.1, 0.15) is 23.0 Å². The van der Waals surface area contributed by atoms with Crippen molar-refractivity contribution in [3.8, 4) is 5.75 Å². The molecule has 0 saturated carbocycles. The van der Waals surface area contributed by atoms with Gasteiger partial charge in [-0.25, -0.2) is 9.78 Å². The number of carbonyl (C=O) groups is 5. The molecular formula is C40H45N6O6S2. The topological polar surface area (TPSA) is 164 Å². The van der Waals surface area contributed by atoms with Crippen LogP contribution in [0.3, 0.4) is 0 Å². The van der Waals surface area contributed by atoms with Crippen molar-refractivity contribution in [1.29, 1.82) is 0 Å². The molecule has 0 bridgehead atoms. The molecule has 12 nitrogen and oxygen atoms in total. The van der Waals surface area contributed by atoms with Crippen molar-refractivity contribution in [2.75, 3.05) is 35.8 Å². The minimum atomic E-state index is -1.18. The van der Waals surface area contributed by atoms with Gasteiger partial charge in [-0.3, -0.25) is 29.0 Å². The Morgan fingerprint density at radius 2 is 1.70 bits per heavy atom. The summed E-state index contributed by atoms with van der Waals surface area (Å²) in [4.78, 5) is 75.9. The average molecular weight is 770 g/mol. The molecule has 4 N–H and O–H groups in total. The Bertz CT molecular complexity index is 1950. The molecule has 0 saturated heterocycles. The number of ether oxygens (including phenoxy) is 1. The molecular weight excluding hydrogens is 725 g/mol. The van der Waals surface area contributed by atoms with Crippen LogP contribution >= 0.6 is 23.5 Å². The van der Waals surface area contributed by atoms with Crippen LogP contribution in [0.4, 0.5) is 22.0 Å². The summed E-state index contributed by atoms with van der Waals surface area (Å²) < 4.78 is 6.10. The zero-order valence-corrected chi connectivity index (χ0v) is 32.2. The van der Waals surface area contributed by atoms with Crippen LogP contribution in [-0.2, 0) is 19.2 Å². The fourth-order valence-electron chi connectivity index (χ4n) is 6.25. The number of urea groups is 1. The number of aromatic nitrogens is 1. The lowest BCUT2D eigenvalue weighted by Crippen LogP contribution is -2.46. The number of nitrogens with two attached hydrogens (primary N) is 1.